The van der Waals surface area contributed by atoms with E-state index in [0.717, 1.165) is 45.9 Å². The molecule has 1 fully saturated rings. The molecule has 4 aromatic rings. The molecule has 0 atom stereocenters. The van der Waals surface area contributed by atoms with Gasteiger partial charge in [-0.15, -0.1) is 0 Å². The van der Waals surface area contributed by atoms with E-state index in [1.54, 1.807) is 24.0 Å². The minimum Gasteiger partial charge on any atom is -0.460 e. The number of fused-ring (bicyclic) bond motifs is 3. The van der Waals surface area contributed by atoms with Gasteiger partial charge in [-0.3, -0.25) is 23.9 Å². The number of carbonyl (C=O) groups is 1. The predicted molar refractivity (Wildman–Crippen MR) is 139 cm³/mol. The van der Waals surface area contributed by atoms with Crippen LogP contribution < -0.4 is 5.69 Å². The maximum atomic E-state index is 13.3. The summed E-state index contributed by atoms with van der Waals surface area (Å²) >= 11 is 0. The van der Waals surface area contributed by atoms with Crippen molar-refractivity contribution < 1.29 is 14.6 Å². The van der Waals surface area contributed by atoms with Gasteiger partial charge in [0.05, 0.1) is 41.0 Å². The molecule has 0 radical (unpaired) electrons. The Balaban J connectivity index is 1.53. The zero-order chi connectivity index (χ0) is 25.6. The molecule has 36 heavy (non-hydrogen) atoms. The summed E-state index contributed by atoms with van der Waals surface area (Å²) in [6, 6.07) is 9.85. The van der Waals surface area contributed by atoms with Gasteiger partial charge in [0, 0.05) is 30.2 Å². The van der Waals surface area contributed by atoms with Gasteiger partial charge in [-0.05, 0) is 70.2 Å². The fourth-order valence-corrected chi connectivity index (χ4v) is 5.09. The van der Waals surface area contributed by atoms with Crippen LogP contribution in [-0.2, 0) is 23.0 Å². The summed E-state index contributed by atoms with van der Waals surface area (Å²) in [7, 11) is 1.78. The molecule has 1 aromatic carbocycles. The summed E-state index contributed by atoms with van der Waals surface area (Å²) in [5.74, 6) is -0.306. The molecule has 0 unspecified atom stereocenters. The van der Waals surface area contributed by atoms with Gasteiger partial charge in [0.15, 0.2) is 0 Å². The molecule has 8 heteroatoms. The SMILES string of the molecule is Cn1c(=O)n(C2CCC(O)CC2)c2c3cc(-c4ccc(CC(=O)OC(C)(C)C)nc4)ccc3ncc21. The minimum absolute atomic E-state index is 0.0488. The Morgan fingerprint density at radius 1 is 1.06 bits per heavy atom. The van der Waals surface area contributed by atoms with Crippen LogP contribution in [-0.4, -0.2) is 41.9 Å². The second kappa shape index (κ2) is 9.17. The maximum Gasteiger partial charge on any atom is 0.329 e. The van der Waals surface area contributed by atoms with Crippen molar-refractivity contribution >= 4 is 27.9 Å². The third kappa shape index (κ3) is 4.65. The van der Waals surface area contributed by atoms with Crippen molar-refractivity contribution in [2.75, 3.05) is 0 Å². The molecule has 1 aliphatic rings. The number of esters is 1. The molecule has 188 valence electrons. The van der Waals surface area contributed by atoms with Crippen molar-refractivity contribution in [1.82, 2.24) is 19.1 Å². The first-order valence-electron chi connectivity index (χ1n) is 12.5. The van der Waals surface area contributed by atoms with Crippen LogP contribution >= 0.6 is 0 Å². The number of hydrogen-bond acceptors (Lipinski definition) is 6. The highest BCUT2D eigenvalue weighted by Gasteiger charge is 2.26. The highest BCUT2D eigenvalue weighted by Crippen LogP contribution is 2.34. The Kier molecular flexibility index (Phi) is 6.16. The molecule has 0 saturated heterocycles. The Hall–Kier alpha value is -3.52. The number of imidazole rings is 1. The Morgan fingerprint density at radius 3 is 2.44 bits per heavy atom. The van der Waals surface area contributed by atoms with Crippen molar-refractivity contribution in [3.8, 4) is 11.1 Å². The smallest absolute Gasteiger partial charge is 0.329 e. The van der Waals surface area contributed by atoms with Gasteiger partial charge in [0.2, 0.25) is 0 Å². The summed E-state index contributed by atoms with van der Waals surface area (Å²) in [5, 5.41) is 10.9. The van der Waals surface area contributed by atoms with E-state index in [0.29, 0.717) is 18.5 Å². The number of nitrogens with zero attached hydrogens (tertiary/aromatic N) is 4. The summed E-state index contributed by atoms with van der Waals surface area (Å²) in [6.07, 6.45) is 6.29. The van der Waals surface area contributed by atoms with Crippen molar-refractivity contribution in [1.29, 1.82) is 0 Å². The van der Waals surface area contributed by atoms with Crippen LogP contribution in [0.4, 0.5) is 0 Å². The molecule has 1 N–H and O–H groups in total. The Morgan fingerprint density at radius 2 is 1.78 bits per heavy atom. The number of rotatable bonds is 4. The fraction of sp³-hybridized carbons (Fsp3) is 0.429. The van der Waals surface area contributed by atoms with Gasteiger partial charge in [-0.1, -0.05) is 12.1 Å². The number of carbonyl (C=O) groups excluding carboxylic acids is 1. The number of benzene rings is 1. The lowest BCUT2D eigenvalue weighted by Crippen LogP contribution is -2.29. The summed E-state index contributed by atoms with van der Waals surface area (Å²) in [6.45, 7) is 5.53. The van der Waals surface area contributed by atoms with Crippen LogP contribution in [0, 0.1) is 0 Å². The Labute approximate surface area is 209 Å². The van der Waals surface area contributed by atoms with Crippen molar-refractivity contribution in [3.05, 3.63) is 58.9 Å². The Bertz CT molecular complexity index is 1490. The quantitative estimate of drug-likeness (QED) is 0.430. The van der Waals surface area contributed by atoms with Crippen molar-refractivity contribution in [2.24, 2.45) is 7.05 Å². The van der Waals surface area contributed by atoms with Crippen LogP contribution in [0.15, 0.2) is 47.5 Å². The van der Waals surface area contributed by atoms with E-state index < -0.39 is 5.60 Å². The van der Waals surface area contributed by atoms with Gasteiger partial charge in [0.25, 0.3) is 0 Å². The number of pyridine rings is 2. The van der Waals surface area contributed by atoms with Gasteiger partial charge in [-0.2, -0.15) is 0 Å². The monoisotopic (exact) mass is 488 g/mol. The van der Waals surface area contributed by atoms with E-state index in [-0.39, 0.29) is 30.2 Å². The lowest BCUT2D eigenvalue weighted by molar-refractivity contribution is -0.154. The standard InChI is InChI=1S/C28H32N4O4/c1-28(2,3)36-25(34)14-19-7-5-18(15-29-19)17-6-12-23-22(13-17)26-24(16-30-23)31(4)27(35)32(26)20-8-10-21(33)11-9-20/h5-7,12-13,15-16,20-21,33H,8-11,14H2,1-4H3. The normalized spacial score (nSPS) is 18.6. The van der Waals surface area contributed by atoms with Crippen LogP contribution in [0.5, 0.6) is 0 Å². The van der Waals surface area contributed by atoms with Gasteiger partial charge >= 0.3 is 11.7 Å². The van der Waals surface area contributed by atoms with Gasteiger partial charge < -0.3 is 9.84 Å². The third-order valence-electron chi connectivity index (χ3n) is 6.85. The average molecular weight is 489 g/mol. The second-order valence-corrected chi connectivity index (χ2v) is 10.7. The average Bonchev–Trinajstić information content (AvgIpc) is 3.09. The third-order valence-corrected chi connectivity index (χ3v) is 6.85. The largest absolute Gasteiger partial charge is 0.460 e. The maximum absolute atomic E-state index is 13.3. The van der Waals surface area contributed by atoms with E-state index >= 15 is 0 Å². The van der Waals surface area contributed by atoms with Crippen LogP contribution in [0.2, 0.25) is 0 Å². The molecular weight excluding hydrogens is 456 g/mol. The number of aromatic nitrogens is 4. The highest BCUT2D eigenvalue weighted by atomic mass is 16.6. The van der Waals surface area contributed by atoms with Crippen LogP contribution in [0.25, 0.3) is 33.1 Å². The van der Waals surface area contributed by atoms with Gasteiger partial charge in [0.1, 0.15) is 5.60 Å². The zero-order valence-corrected chi connectivity index (χ0v) is 21.2. The first-order valence-corrected chi connectivity index (χ1v) is 12.5. The number of aliphatic hydroxyl groups excluding tert-OH is 1. The van der Waals surface area contributed by atoms with E-state index in [1.165, 1.54) is 0 Å². The van der Waals surface area contributed by atoms with E-state index in [4.69, 9.17) is 4.74 Å². The van der Waals surface area contributed by atoms with Crippen LogP contribution in [0.1, 0.15) is 58.2 Å². The molecule has 0 aliphatic heterocycles. The summed E-state index contributed by atoms with van der Waals surface area (Å²) in [4.78, 5) is 34.5. The fourth-order valence-electron chi connectivity index (χ4n) is 5.09. The van der Waals surface area contributed by atoms with Gasteiger partial charge in [-0.25, -0.2) is 4.79 Å². The molecule has 0 spiro atoms. The topological polar surface area (TPSA) is 99.2 Å². The molecule has 0 bridgehead atoms. The second-order valence-electron chi connectivity index (χ2n) is 10.7. The van der Waals surface area contributed by atoms with Crippen LogP contribution in [0.3, 0.4) is 0 Å². The first-order chi connectivity index (χ1) is 17.1. The number of hydrogen-bond donors (Lipinski definition) is 1. The zero-order valence-electron chi connectivity index (χ0n) is 21.2. The molecule has 1 saturated carbocycles. The lowest BCUT2D eigenvalue weighted by Gasteiger charge is -2.26. The van der Waals surface area contributed by atoms with E-state index in [9.17, 15) is 14.7 Å². The van der Waals surface area contributed by atoms with Crippen molar-refractivity contribution in [3.63, 3.8) is 0 Å². The predicted octanol–water partition coefficient (Wildman–Crippen LogP) is 4.31. The van der Waals surface area contributed by atoms with E-state index in [2.05, 4.69) is 16.0 Å². The highest BCUT2D eigenvalue weighted by molar-refractivity contribution is 6.04. The minimum atomic E-state index is -0.531. The number of aliphatic hydroxyl groups is 1. The molecule has 8 nitrogen and oxygen atoms in total. The molecule has 3 heterocycles. The molecule has 0 amide bonds. The summed E-state index contributed by atoms with van der Waals surface area (Å²) in [5.41, 5.74) is 4.41. The summed E-state index contributed by atoms with van der Waals surface area (Å²) < 4.78 is 8.95. The van der Waals surface area contributed by atoms with E-state index in [1.807, 2.05) is 49.6 Å². The van der Waals surface area contributed by atoms with Crippen molar-refractivity contribution in [2.45, 2.75) is 70.6 Å². The molecular formula is C28H32N4O4. The lowest BCUT2D eigenvalue weighted by atomic mass is 9.92. The first kappa shape index (κ1) is 24.2. The molecule has 5 rings (SSSR count). The number of aryl methyl sites for hydroxylation is 1. The molecule has 3 aromatic heterocycles. The molecule has 1 aliphatic carbocycles. The number of ether oxygens (including phenoxy) is 1.